The van der Waals surface area contributed by atoms with E-state index in [1.165, 1.54) is 19.4 Å². The molecule has 3 rings (SSSR count). The van der Waals surface area contributed by atoms with E-state index in [9.17, 15) is 4.79 Å². The van der Waals surface area contributed by atoms with Gasteiger partial charge in [-0.2, -0.15) is 0 Å². The number of halogens is 1. The summed E-state index contributed by atoms with van der Waals surface area (Å²) in [6, 6.07) is 3.17. The van der Waals surface area contributed by atoms with E-state index in [2.05, 4.69) is 9.88 Å². The third-order valence-electron chi connectivity index (χ3n) is 3.93. The maximum absolute atomic E-state index is 12.4. The molecule has 1 aromatic rings. The lowest BCUT2D eigenvalue weighted by molar-refractivity contribution is 0.0632. The van der Waals surface area contributed by atoms with Crippen LogP contribution in [0, 0.1) is 5.92 Å². The number of nitrogens with two attached hydrogens (primary N) is 1. The molecule has 0 unspecified atom stereocenters. The van der Waals surface area contributed by atoms with Crippen molar-refractivity contribution in [2.45, 2.75) is 12.8 Å². The normalized spacial score (nSPS) is 20.1. The first-order chi connectivity index (χ1) is 9.61. The summed E-state index contributed by atoms with van der Waals surface area (Å²) in [5.41, 5.74) is 6.16. The van der Waals surface area contributed by atoms with Gasteiger partial charge in [0.05, 0.1) is 0 Å². The minimum Gasteiger partial charge on any atom is -0.384 e. The fourth-order valence-electron chi connectivity index (χ4n) is 2.62. The molecule has 2 aliphatic rings. The molecule has 1 saturated carbocycles. The van der Waals surface area contributed by atoms with Crippen LogP contribution in [0.2, 0.25) is 5.15 Å². The number of piperazine rings is 1. The highest BCUT2D eigenvalue weighted by atomic mass is 35.5. The Morgan fingerprint density at radius 2 is 2.00 bits per heavy atom. The van der Waals surface area contributed by atoms with Gasteiger partial charge in [-0.05, 0) is 30.9 Å². The standard InChI is InChI=1S/C14H19ClN4O/c15-12-7-11(8-13(16)17-12)14(20)19-5-3-18(4-6-19)9-10-1-2-10/h7-8,10H,1-6,9H2,(H2,16,17). The maximum atomic E-state index is 12.4. The van der Waals surface area contributed by atoms with Crippen molar-refractivity contribution in [1.29, 1.82) is 0 Å². The molecule has 1 aliphatic carbocycles. The second kappa shape index (κ2) is 5.58. The van der Waals surface area contributed by atoms with Gasteiger partial charge in [0.2, 0.25) is 0 Å². The number of carbonyl (C=O) groups is 1. The Morgan fingerprint density at radius 3 is 2.60 bits per heavy atom. The Morgan fingerprint density at radius 1 is 1.30 bits per heavy atom. The van der Waals surface area contributed by atoms with Gasteiger partial charge in [0.1, 0.15) is 11.0 Å². The summed E-state index contributed by atoms with van der Waals surface area (Å²) in [5, 5.41) is 0.265. The van der Waals surface area contributed by atoms with Gasteiger partial charge in [-0.3, -0.25) is 9.69 Å². The van der Waals surface area contributed by atoms with E-state index < -0.39 is 0 Å². The smallest absolute Gasteiger partial charge is 0.254 e. The molecule has 6 heteroatoms. The number of rotatable bonds is 3. The van der Waals surface area contributed by atoms with Crippen molar-refractivity contribution < 1.29 is 4.79 Å². The molecule has 1 saturated heterocycles. The van der Waals surface area contributed by atoms with Gasteiger partial charge in [-0.1, -0.05) is 11.6 Å². The second-order valence-electron chi connectivity index (χ2n) is 5.64. The topological polar surface area (TPSA) is 62.5 Å². The maximum Gasteiger partial charge on any atom is 0.254 e. The van der Waals surface area contributed by atoms with E-state index in [4.69, 9.17) is 17.3 Å². The summed E-state index contributed by atoms with van der Waals surface area (Å²) in [7, 11) is 0. The molecule has 1 aliphatic heterocycles. The molecule has 1 aromatic heterocycles. The first kappa shape index (κ1) is 13.6. The number of anilines is 1. The highest BCUT2D eigenvalue weighted by molar-refractivity contribution is 6.29. The second-order valence-corrected chi connectivity index (χ2v) is 6.03. The first-order valence-corrected chi connectivity index (χ1v) is 7.44. The van der Waals surface area contributed by atoms with Crippen LogP contribution in [-0.4, -0.2) is 53.4 Å². The highest BCUT2D eigenvalue weighted by Gasteiger charge is 2.28. The minimum atomic E-state index is -0.00734. The van der Waals surface area contributed by atoms with E-state index >= 15 is 0 Å². The molecule has 1 amide bonds. The SMILES string of the molecule is Nc1cc(C(=O)N2CCN(CC3CC3)CC2)cc(Cl)n1. The van der Waals surface area contributed by atoms with Gasteiger partial charge >= 0.3 is 0 Å². The van der Waals surface area contributed by atoms with Crippen molar-refractivity contribution in [3.63, 3.8) is 0 Å². The summed E-state index contributed by atoms with van der Waals surface area (Å²) < 4.78 is 0. The Hall–Kier alpha value is -1.33. The molecule has 2 fully saturated rings. The lowest BCUT2D eigenvalue weighted by Crippen LogP contribution is -2.49. The van der Waals surface area contributed by atoms with Gasteiger partial charge in [0, 0.05) is 38.3 Å². The molecule has 0 bridgehead atoms. The molecule has 2 heterocycles. The number of nitrogens with zero attached hydrogens (tertiary/aromatic N) is 3. The van der Waals surface area contributed by atoms with Crippen LogP contribution in [0.3, 0.4) is 0 Å². The van der Waals surface area contributed by atoms with Gasteiger partial charge in [-0.25, -0.2) is 4.98 Å². The van der Waals surface area contributed by atoms with E-state index in [0.29, 0.717) is 5.56 Å². The number of carbonyl (C=O) groups excluding carboxylic acids is 1. The third-order valence-corrected chi connectivity index (χ3v) is 4.13. The minimum absolute atomic E-state index is 0.00734. The van der Waals surface area contributed by atoms with E-state index in [0.717, 1.165) is 32.1 Å². The average molecular weight is 295 g/mol. The van der Waals surface area contributed by atoms with Crippen LogP contribution >= 0.6 is 11.6 Å². The van der Waals surface area contributed by atoms with Crippen LogP contribution < -0.4 is 5.73 Å². The van der Waals surface area contributed by atoms with E-state index in [1.807, 2.05) is 4.90 Å². The molecule has 0 atom stereocenters. The van der Waals surface area contributed by atoms with Crippen LogP contribution in [0.25, 0.3) is 0 Å². The van der Waals surface area contributed by atoms with Crippen molar-refractivity contribution in [3.05, 3.63) is 22.8 Å². The predicted octanol–water partition coefficient (Wildman–Crippen LogP) is 1.48. The van der Waals surface area contributed by atoms with Crippen molar-refractivity contribution in [3.8, 4) is 0 Å². The summed E-state index contributed by atoms with van der Waals surface area (Å²) in [4.78, 5) is 20.6. The van der Waals surface area contributed by atoms with Crippen molar-refractivity contribution >= 4 is 23.3 Å². The molecule has 0 radical (unpaired) electrons. The van der Waals surface area contributed by atoms with Gasteiger partial charge < -0.3 is 10.6 Å². The molecule has 5 nitrogen and oxygen atoms in total. The monoisotopic (exact) mass is 294 g/mol. The Bertz CT molecular complexity index is 490. The molecule has 108 valence electrons. The zero-order chi connectivity index (χ0) is 14.1. The van der Waals surface area contributed by atoms with Crippen LogP contribution in [-0.2, 0) is 0 Å². The number of hydrogen-bond donors (Lipinski definition) is 1. The fourth-order valence-corrected chi connectivity index (χ4v) is 2.84. The molecule has 0 spiro atoms. The summed E-state index contributed by atoms with van der Waals surface area (Å²) in [5.74, 6) is 1.18. The van der Waals surface area contributed by atoms with Crippen LogP contribution in [0.1, 0.15) is 23.2 Å². The Balaban J connectivity index is 1.60. The van der Waals surface area contributed by atoms with Gasteiger partial charge in [0.25, 0.3) is 5.91 Å². The zero-order valence-corrected chi connectivity index (χ0v) is 12.1. The number of amides is 1. The third kappa shape index (κ3) is 3.22. The van der Waals surface area contributed by atoms with E-state index in [-0.39, 0.29) is 16.9 Å². The Labute approximate surface area is 123 Å². The van der Waals surface area contributed by atoms with Crippen LogP contribution in [0.5, 0.6) is 0 Å². The molecule has 2 N–H and O–H groups in total. The molecular formula is C14H19ClN4O. The molecule has 0 aromatic carbocycles. The predicted molar refractivity (Wildman–Crippen MR) is 78.7 cm³/mol. The van der Waals surface area contributed by atoms with Crippen molar-refractivity contribution in [2.75, 3.05) is 38.5 Å². The number of hydrogen-bond acceptors (Lipinski definition) is 4. The van der Waals surface area contributed by atoms with Gasteiger partial charge in [-0.15, -0.1) is 0 Å². The largest absolute Gasteiger partial charge is 0.384 e. The lowest BCUT2D eigenvalue weighted by atomic mass is 10.2. The highest BCUT2D eigenvalue weighted by Crippen LogP contribution is 2.30. The zero-order valence-electron chi connectivity index (χ0n) is 11.4. The fraction of sp³-hybridized carbons (Fsp3) is 0.571. The summed E-state index contributed by atoms with van der Waals surface area (Å²) in [6.07, 6.45) is 2.74. The number of nitrogen functional groups attached to an aromatic ring is 1. The number of pyridine rings is 1. The van der Waals surface area contributed by atoms with Crippen LogP contribution in [0.4, 0.5) is 5.82 Å². The van der Waals surface area contributed by atoms with Crippen LogP contribution in [0.15, 0.2) is 12.1 Å². The quantitative estimate of drug-likeness (QED) is 0.858. The van der Waals surface area contributed by atoms with Crippen molar-refractivity contribution in [2.24, 2.45) is 5.92 Å². The first-order valence-electron chi connectivity index (χ1n) is 7.06. The van der Waals surface area contributed by atoms with E-state index in [1.54, 1.807) is 12.1 Å². The Kier molecular flexibility index (Phi) is 3.81. The average Bonchev–Trinajstić information content (AvgIpc) is 3.22. The summed E-state index contributed by atoms with van der Waals surface area (Å²) in [6.45, 7) is 4.64. The molecular weight excluding hydrogens is 276 g/mol. The number of aromatic nitrogens is 1. The van der Waals surface area contributed by atoms with Gasteiger partial charge in [0.15, 0.2) is 0 Å². The lowest BCUT2D eigenvalue weighted by Gasteiger charge is -2.34. The van der Waals surface area contributed by atoms with Crippen molar-refractivity contribution in [1.82, 2.24) is 14.8 Å². The summed E-state index contributed by atoms with van der Waals surface area (Å²) >= 11 is 5.85. The molecule has 20 heavy (non-hydrogen) atoms.